The van der Waals surface area contributed by atoms with Gasteiger partial charge in [-0.15, -0.1) is 0 Å². The van der Waals surface area contributed by atoms with Crippen LogP contribution < -0.4 is 10.6 Å². The van der Waals surface area contributed by atoms with E-state index in [0.717, 1.165) is 0 Å². The first-order valence-electron chi connectivity index (χ1n) is 7.21. The number of carboxylic acids is 1. The molecule has 0 aromatic heterocycles. The van der Waals surface area contributed by atoms with Crippen LogP contribution in [0.25, 0.3) is 0 Å². The molecule has 6 heteroatoms. The monoisotopic (exact) mass is 300 g/mol. The highest BCUT2D eigenvalue weighted by atomic mass is 16.4. The summed E-state index contributed by atoms with van der Waals surface area (Å²) >= 11 is 0. The summed E-state index contributed by atoms with van der Waals surface area (Å²) in [7, 11) is 0. The molecule has 0 spiro atoms. The highest BCUT2D eigenvalue weighted by Crippen LogP contribution is 2.25. The number of hydrogen-bond acceptors (Lipinski definition) is 3. The lowest BCUT2D eigenvalue weighted by Crippen LogP contribution is -2.42. The van der Waals surface area contributed by atoms with Gasteiger partial charge in [-0.3, -0.25) is 14.4 Å². The zero-order valence-electron chi connectivity index (χ0n) is 13.7. The van der Waals surface area contributed by atoms with Gasteiger partial charge in [-0.05, 0) is 18.3 Å². The van der Waals surface area contributed by atoms with E-state index in [1.165, 1.54) is 0 Å². The fraction of sp³-hybridized carbons (Fsp3) is 0.800. The van der Waals surface area contributed by atoms with Gasteiger partial charge in [0.1, 0.15) is 0 Å². The fourth-order valence-corrected chi connectivity index (χ4v) is 1.60. The standard InChI is InChI=1S/C15H28N2O4/c1-14(2,3)13(21)17-10-11(18)16-9-8-15(4,5)7-6-12(19)20/h6-10H2,1-5H3,(H,16,18)(H,17,21)(H,19,20). The van der Waals surface area contributed by atoms with E-state index in [1.807, 2.05) is 13.8 Å². The summed E-state index contributed by atoms with van der Waals surface area (Å²) < 4.78 is 0. The van der Waals surface area contributed by atoms with Crippen LogP contribution in [0.5, 0.6) is 0 Å². The van der Waals surface area contributed by atoms with E-state index in [1.54, 1.807) is 20.8 Å². The average molecular weight is 300 g/mol. The second-order valence-corrected chi connectivity index (χ2v) is 7.09. The molecule has 0 aliphatic carbocycles. The van der Waals surface area contributed by atoms with Gasteiger partial charge in [0, 0.05) is 18.4 Å². The first-order valence-corrected chi connectivity index (χ1v) is 7.21. The lowest BCUT2D eigenvalue weighted by molar-refractivity contribution is -0.137. The molecule has 21 heavy (non-hydrogen) atoms. The molecule has 0 aromatic carbocycles. The van der Waals surface area contributed by atoms with Gasteiger partial charge in [0.2, 0.25) is 11.8 Å². The van der Waals surface area contributed by atoms with Crippen LogP contribution in [-0.4, -0.2) is 36.0 Å². The third-order valence-corrected chi connectivity index (χ3v) is 3.23. The highest BCUT2D eigenvalue weighted by Gasteiger charge is 2.22. The van der Waals surface area contributed by atoms with Gasteiger partial charge in [0.25, 0.3) is 0 Å². The van der Waals surface area contributed by atoms with Crippen molar-refractivity contribution >= 4 is 17.8 Å². The van der Waals surface area contributed by atoms with Crippen LogP contribution in [0.2, 0.25) is 0 Å². The number of hydrogen-bond donors (Lipinski definition) is 3. The highest BCUT2D eigenvalue weighted by molar-refractivity contribution is 5.87. The Morgan fingerprint density at radius 1 is 0.952 bits per heavy atom. The summed E-state index contributed by atoms with van der Waals surface area (Å²) in [5.41, 5.74) is -0.653. The van der Waals surface area contributed by atoms with E-state index >= 15 is 0 Å². The van der Waals surface area contributed by atoms with Crippen LogP contribution in [0.4, 0.5) is 0 Å². The Morgan fingerprint density at radius 3 is 2.00 bits per heavy atom. The Bertz CT molecular complexity index is 384. The van der Waals surface area contributed by atoms with Crippen LogP contribution in [0.1, 0.15) is 53.9 Å². The molecule has 2 amide bonds. The summed E-state index contributed by atoms with van der Waals surface area (Å²) in [4.78, 5) is 33.8. The predicted molar refractivity (Wildman–Crippen MR) is 80.7 cm³/mol. The summed E-state index contributed by atoms with van der Waals surface area (Å²) in [6, 6.07) is 0. The van der Waals surface area contributed by atoms with Crippen LogP contribution in [-0.2, 0) is 14.4 Å². The number of aliphatic carboxylic acids is 1. The Hall–Kier alpha value is -1.59. The lowest BCUT2D eigenvalue weighted by atomic mass is 9.84. The molecule has 0 saturated carbocycles. The predicted octanol–water partition coefficient (Wildman–Crippen LogP) is 1.55. The van der Waals surface area contributed by atoms with E-state index in [0.29, 0.717) is 19.4 Å². The van der Waals surface area contributed by atoms with E-state index in [2.05, 4.69) is 10.6 Å². The van der Waals surface area contributed by atoms with Crippen molar-refractivity contribution in [3.8, 4) is 0 Å². The smallest absolute Gasteiger partial charge is 0.303 e. The van der Waals surface area contributed by atoms with Gasteiger partial charge >= 0.3 is 5.97 Å². The second-order valence-electron chi connectivity index (χ2n) is 7.09. The maximum atomic E-state index is 11.6. The summed E-state index contributed by atoms with van der Waals surface area (Å²) in [6.07, 6.45) is 1.39. The molecule has 0 rings (SSSR count). The molecular formula is C15H28N2O4. The number of rotatable bonds is 8. The number of amides is 2. The number of carbonyl (C=O) groups is 3. The molecule has 0 saturated heterocycles. The summed E-state index contributed by atoms with van der Waals surface area (Å²) in [6.45, 7) is 9.73. The second kappa shape index (κ2) is 8.00. The van der Waals surface area contributed by atoms with Crippen LogP contribution in [0, 0.1) is 10.8 Å². The zero-order chi connectivity index (χ0) is 16.7. The maximum Gasteiger partial charge on any atom is 0.303 e. The third kappa shape index (κ3) is 9.87. The van der Waals surface area contributed by atoms with Gasteiger partial charge in [-0.2, -0.15) is 0 Å². The summed E-state index contributed by atoms with van der Waals surface area (Å²) in [5, 5.41) is 14.0. The largest absolute Gasteiger partial charge is 0.481 e. The molecule has 0 unspecified atom stereocenters. The van der Waals surface area contributed by atoms with Crippen molar-refractivity contribution in [1.82, 2.24) is 10.6 Å². The first-order chi connectivity index (χ1) is 9.44. The Balaban J connectivity index is 3.94. The third-order valence-electron chi connectivity index (χ3n) is 3.23. The van der Waals surface area contributed by atoms with E-state index in [9.17, 15) is 14.4 Å². The molecule has 122 valence electrons. The van der Waals surface area contributed by atoms with Crippen LogP contribution >= 0.6 is 0 Å². The lowest BCUT2D eigenvalue weighted by Gasteiger charge is -2.24. The number of carbonyl (C=O) groups excluding carboxylic acids is 2. The van der Waals surface area contributed by atoms with Gasteiger partial charge in [-0.25, -0.2) is 0 Å². The van der Waals surface area contributed by atoms with Crippen molar-refractivity contribution in [2.24, 2.45) is 10.8 Å². The molecule has 0 aromatic rings. The normalized spacial score (nSPS) is 11.9. The molecule has 0 aliphatic heterocycles. The van der Waals surface area contributed by atoms with E-state index in [4.69, 9.17) is 5.11 Å². The van der Waals surface area contributed by atoms with E-state index in [-0.39, 0.29) is 30.2 Å². The van der Waals surface area contributed by atoms with Crippen LogP contribution in [0.15, 0.2) is 0 Å². The molecule has 6 nitrogen and oxygen atoms in total. The van der Waals surface area contributed by atoms with Crippen molar-refractivity contribution in [2.75, 3.05) is 13.1 Å². The minimum Gasteiger partial charge on any atom is -0.481 e. The molecule has 0 aliphatic rings. The Morgan fingerprint density at radius 2 is 1.52 bits per heavy atom. The summed E-state index contributed by atoms with van der Waals surface area (Å²) in [5.74, 6) is -1.21. The van der Waals surface area contributed by atoms with Gasteiger partial charge in [0.05, 0.1) is 6.54 Å². The molecule has 0 bridgehead atoms. The zero-order valence-corrected chi connectivity index (χ0v) is 13.7. The molecular weight excluding hydrogens is 272 g/mol. The first kappa shape index (κ1) is 19.4. The van der Waals surface area contributed by atoms with Crippen molar-refractivity contribution in [3.63, 3.8) is 0 Å². The fourth-order valence-electron chi connectivity index (χ4n) is 1.60. The quantitative estimate of drug-likeness (QED) is 0.633. The molecule has 0 heterocycles. The molecule has 3 N–H and O–H groups in total. The Kier molecular flexibility index (Phi) is 7.39. The maximum absolute atomic E-state index is 11.6. The van der Waals surface area contributed by atoms with Gasteiger partial charge in [-0.1, -0.05) is 34.6 Å². The van der Waals surface area contributed by atoms with Crippen molar-refractivity contribution < 1.29 is 19.5 Å². The Labute approximate surface area is 126 Å². The SMILES string of the molecule is CC(C)(CCNC(=O)CNC(=O)C(C)(C)C)CCC(=O)O. The van der Waals surface area contributed by atoms with Crippen molar-refractivity contribution in [1.29, 1.82) is 0 Å². The average Bonchev–Trinajstić information content (AvgIpc) is 2.32. The van der Waals surface area contributed by atoms with Gasteiger partial charge in [0.15, 0.2) is 0 Å². The van der Waals surface area contributed by atoms with Crippen LogP contribution in [0.3, 0.4) is 0 Å². The van der Waals surface area contributed by atoms with Gasteiger partial charge < -0.3 is 15.7 Å². The topological polar surface area (TPSA) is 95.5 Å². The number of nitrogens with one attached hydrogen (secondary N) is 2. The molecule has 0 fully saturated rings. The molecule has 0 radical (unpaired) electrons. The molecule has 0 atom stereocenters. The van der Waals surface area contributed by atoms with E-state index < -0.39 is 11.4 Å². The number of carboxylic acid groups (broad SMARTS) is 1. The minimum atomic E-state index is -0.808. The van der Waals surface area contributed by atoms with Crippen molar-refractivity contribution in [3.05, 3.63) is 0 Å². The van der Waals surface area contributed by atoms with Crippen molar-refractivity contribution in [2.45, 2.75) is 53.9 Å². The minimum absolute atomic E-state index is 0.0361.